The number of thiophene rings is 1. The Bertz CT molecular complexity index is 1260. The molecule has 2 aromatic heterocycles. The van der Waals surface area contributed by atoms with E-state index < -0.39 is 36.0 Å². The second-order valence-electron chi connectivity index (χ2n) is 8.42. The molecule has 3 aromatic rings. The molecule has 9 nitrogen and oxygen atoms in total. The number of hydrogen-bond acceptors (Lipinski definition) is 8. The summed E-state index contributed by atoms with van der Waals surface area (Å²) in [5.74, 6) is -2.28. The number of carbonyl (C=O) groups is 3. The summed E-state index contributed by atoms with van der Waals surface area (Å²) < 4.78 is 0. The van der Waals surface area contributed by atoms with Crippen LogP contribution in [-0.4, -0.2) is 56.6 Å². The molecule has 12 heteroatoms. The van der Waals surface area contributed by atoms with E-state index in [4.69, 9.17) is 17.3 Å². The summed E-state index contributed by atoms with van der Waals surface area (Å²) in [7, 11) is 0. The molecule has 1 fully saturated rings. The molecule has 0 spiro atoms. The molecule has 0 radical (unpaired) electrons. The molecule has 1 saturated heterocycles. The molecule has 0 aliphatic carbocycles. The summed E-state index contributed by atoms with van der Waals surface area (Å²) in [4.78, 5) is 43.1. The van der Waals surface area contributed by atoms with Gasteiger partial charge in [-0.05, 0) is 47.9 Å². The molecule has 1 aromatic carbocycles. The van der Waals surface area contributed by atoms with Gasteiger partial charge in [-0.1, -0.05) is 29.8 Å². The third-order valence-corrected chi connectivity index (χ3v) is 8.21. The molecule has 0 saturated carbocycles. The standard InChI is InChI=1S/C24H25ClN4O5S2/c25-16-5-2-1-4-14(16)8-13-9-15(35-11-13)10-27-22(33)19(30)20(31)24(34)29-7-3-6-18(29)23-28-17(12-36-23)21(26)32/h1-2,4-5,9,11-12,18-20,30-31H,3,6-8,10H2,(H2,26,32)(H,27,33)/t18-,19-,20-/m1/s1. The smallest absolute Gasteiger partial charge is 0.268 e. The number of carbonyl (C=O) groups excluding carboxylic acids is 3. The Morgan fingerprint density at radius 3 is 2.69 bits per heavy atom. The van der Waals surface area contributed by atoms with Gasteiger partial charge in [0.1, 0.15) is 10.7 Å². The van der Waals surface area contributed by atoms with Gasteiger partial charge >= 0.3 is 0 Å². The molecule has 0 bridgehead atoms. The molecule has 1 aliphatic heterocycles. The van der Waals surface area contributed by atoms with E-state index >= 15 is 0 Å². The van der Waals surface area contributed by atoms with Crippen LogP contribution >= 0.6 is 34.3 Å². The van der Waals surface area contributed by atoms with Crippen LogP contribution in [0, 0.1) is 0 Å². The van der Waals surface area contributed by atoms with Crippen molar-refractivity contribution in [3.63, 3.8) is 0 Å². The molecular weight excluding hydrogens is 524 g/mol. The molecule has 3 heterocycles. The normalized spacial score (nSPS) is 17.1. The fraction of sp³-hybridized carbons (Fsp3) is 0.333. The number of nitrogens with two attached hydrogens (primary N) is 1. The van der Waals surface area contributed by atoms with E-state index in [2.05, 4.69) is 10.3 Å². The van der Waals surface area contributed by atoms with Gasteiger partial charge in [0.05, 0.1) is 12.6 Å². The Morgan fingerprint density at radius 2 is 1.97 bits per heavy atom. The Hall–Kier alpha value is -2.83. The average Bonchev–Trinajstić information content (AvgIpc) is 3.63. The van der Waals surface area contributed by atoms with E-state index in [1.165, 1.54) is 33.0 Å². The lowest BCUT2D eigenvalue weighted by Crippen LogP contribution is -2.50. The number of benzene rings is 1. The average molecular weight is 549 g/mol. The van der Waals surface area contributed by atoms with Crippen molar-refractivity contribution in [1.82, 2.24) is 15.2 Å². The van der Waals surface area contributed by atoms with Gasteiger partial charge < -0.3 is 26.2 Å². The van der Waals surface area contributed by atoms with Crippen molar-refractivity contribution in [1.29, 1.82) is 0 Å². The Morgan fingerprint density at radius 1 is 1.19 bits per heavy atom. The van der Waals surface area contributed by atoms with Gasteiger partial charge in [0, 0.05) is 21.8 Å². The van der Waals surface area contributed by atoms with Gasteiger partial charge in [0.2, 0.25) is 0 Å². The molecule has 3 amide bonds. The van der Waals surface area contributed by atoms with Crippen molar-refractivity contribution in [3.8, 4) is 0 Å². The number of thiazole rings is 1. The number of hydrogen-bond donors (Lipinski definition) is 4. The molecule has 4 rings (SSSR count). The molecular formula is C24H25ClN4O5S2. The van der Waals surface area contributed by atoms with E-state index in [0.717, 1.165) is 16.0 Å². The quantitative estimate of drug-likeness (QED) is 0.322. The van der Waals surface area contributed by atoms with Crippen molar-refractivity contribution in [2.24, 2.45) is 5.73 Å². The Balaban J connectivity index is 1.32. The summed E-state index contributed by atoms with van der Waals surface area (Å²) in [5.41, 5.74) is 7.40. The third-order valence-electron chi connectivity index (χ3n) is 5.91. The number of aromatic nitrogens is 1. The van der Waals surface area contributed by atoms with Crippen LogP contribution in [0.2, 0.25) is 5.02 Å². The van der Waals surface area contributed by atoms with Gasteiger partial charge in [-0.15, -0.1) is 22.7 Å². The maximum atomic E-state index is 12.9. The number of amides is 3. The minimum Gasteiger partial charge on any atom is -0.380 e. The van der Waals surface area contributed by atoms with Crippen molar-refractivity contribution in [3.05, 3.63) is 72.8 Å². The Labute approximate surface area is 220 Å². The van der Waals surface area contributed by atoms with Crippen LogP contribution < -0.4 is 11.1 Å². The highest BCUT2D eigenvalue weighted by Crippen LogP contribution is 2.34. The lowest BCUT2D eigenvalue weighted by atomic mass is 10.1. The topological polar surface area (TPSA) is 146 Å². The van der Waals surface area contributed by atoms with Gasteiger partial charge in [0.15, 0.2) is 12.2 Å². The van der Waals surface area contributed by atoms with Crippen molar-refractivity contribution < 1.29 is 24.6 Å². The van der Waals surface area contributed by atoms with Crippen molar-refractivity contribution >= 4 is 52.0 Å². The summed E-state index contributed by atoms with van der Waals surface area (Å²) in [5, 5.41) is 28.1. The minimum atomic E-state index is -1.93. The number of nitrogens with zero attached hydrogens (tertiary/aromatic N) is 2. The number of primary amides is 1. The van der Waals surface area contributed by atoms with Crippen LogP contribution in [0.5, 0.6) is 0 Å². The highest BCUT2D eigenvalue weighted by atomic mass is 35.5. The number of halogens is 1. The first-order valence-corrected chi connectivity index (χ1v) is 13.4. The van der Waals surface area contributed by atoms with Gasteiger partial charge in [-0.25, -0.2) is 4.98 Å². The van der Waals surface area contributed by atoms with Crippen LogP contribution in [0.15, 0.2) is 41.1 Å². The number of aliphatic hydroxyl groups excluding tert-OH is 2. The Kier molecular flexibility index (Phi) is 8.37. The van der Waals surface area contributed by atoms with E-state index in [1.54, 1.807) is 0 Å². The first kappa shape index (κ1) is 26.2. The fourth-order valence-electron chi connectivity index (χ4n) is 4.04. The highest BCUT2D eigenvalue weighted by Gasteiger charge is 2.39. The summed E-state index contributed by atoms with van der Waals surface area (Å²) >= 11 is 8.87. The minimum absolute atomic E-state index is 0.109. The van der Waals surface area contributed by atoms with Crippen LogP contribution in [0.3, 0.4) is 0 Å². The van der Waals surface area contributed by atoms with Crippen LogP contribution in [0.4, 0.5) is 0 Å². The predicted molar refractivity (Wildman–Crippen MR) is 137 cm³/mol. The SMILES string of the molecule is NC(=O)c1csc([C@H]2CCCN2C(=O)[C@H](O)[C@@H](O)C(=O)NCc2cc(Cc3ccccc3Cl)cs2)n1. The number of rotatable bonds is 9. The van der Waals surface area contributed by atoms with Gasteiger partial charge in [-0.3, -0.25) is 14.4 Å². The molecule has 190 valence electrons. The zero-order valence-corrected chi connectivity index (χ0v) is 21.5. The first-order valence-electron chi connectivity index (χ1n) is 11.2. The van der Waals surface area contributed by atoms with Gasteiger partial charge in [0.25, 0.3) is 17.7 Å². The zero-order chi connectivity index (χ0) is 25.8. The fourth-order valence-corrected chi connectivity index (χ4v) is 6.03. The molecule has 5 N–H and O–H groups in total. The zero-order valence-electron chi connectivity index (χ0n) is 19.1. The third kappa shape index (κ3) is 5.93. The monoisotopic (exact) mass is 548 g/mol. The molecule has 36 heavy (non-hydrogen) atoms. The molecule has 3 atom stereocenters. The predicted octanol–water partition coefficient (Wildman–Crippen LogP) is 2.25. The number of likely N-dealkylation sites (tertiary alicyclic amines) is 1. The van der Waals surface area contributed by atoms with Gasteiger partial charge in [-0.2, -0.15) is 0 Å². The second-order valence-corrected chi connectivity index (χ2v) is 10.7. The first-order chi connectivity index (χ1) is 17.2. The number of aliphatic hydroxyl groups is 2. The van der Waals surface area contributed by atoms with Crippen LogP contribution in [-0.2, 0) is 22.6 Å². The van der Waals surface area contributed by atoms with Crippen LogP contribution in [0.25, 0.3) is 0 Å². The van der Waals surface area contributed by atoms with E-state index in [9.17, 15) is 24.6 Å². The lowest BCUT2D eigenvalue weighted by Gasteiger charge is -2.27. The molecule has 0 unspecified atom stereocenters. The van der Waals surface area contributed by atoms with Crippen molar-refractivity contribution in [2.75, 3.05) is 6.54 Å². The van der Waals surface area contributed by atoms with E-state index in [-0.39, 0.29) is 12.2 Å². The van der Waals surface area contributed by atoms with E-state index in [1.807, 2.05) is 35.7 Å². The maximum absolute atomic E-state index is 12.9. The largest absolute Gasteiger partial charge is 0.380 e. The lowest BCUT2D eigenvalue weighted by molar-refractivity contribution is -0.153. The molecule has 1 aliphatic rings. The highest BCUT2D eigenvalue weighted by molar-refractivity contribution is 7.10. The summed E-state index contributed by atoms with van der Waals surface area (Å²) in [6, 6.07) is 9.05. The van der Waals surface area contributed by atoms with Crippen LogP contribution in [0.1, 0.15) is 50.4 Å². The maximum Gasteiger partial charge on any atom is 0.268 e. The van der Waals surface area contributed by atoms with E-state index in [0.29, 0.717) is 35.8 Å². The number of nitrogens with one attached hydrogen (secondary N) is 1. The van der Waals surface area contributed by atoms with Crippen molar-refractivity contribution in [2.45, 2.75) is 44.1 Å². The summed E-state index contributed by atoms with van der Waals surface area (Å²) in [6.45, 7) is 0.481. The second kappa shape index (κ2) is 11.5. The summed E-state index contributed by atoms with van der Waals surface area (Å²) in [6.07, 6.45) is -1.97.